The molecule has 4 nitrogen and oxygen atoms in total. The van der Waals surface area contributed by atoms with Gasteiger partial charge in [-0.1, -0.05) is 0 Å². The van der Waals surface area contributed by atoms with Crippen molar-refractivity contribution >= 4 is 5.82 Å². The SMILES string of the molecule is COCCN(C)c1ccnc(C2CC2)n1. The Morgan fingerprint density at radius 3 is 3.00 bits per heavy atom. The van der Waals surface area contributed by atoms with E-state index < -0.39 is 0 Å². The summed E-state index contributed by atoms with van der Waals surface area (Å²) in [5.74, 6) is 2.60. The monoisotopic (exact) mass is 207 g/mol. The molecule has 1 aromatic rings. The zero-order valence-corrected chi connectivity index (χ0v) is 9.31. The Morgan fingerprint density at radius 1 is 1.53 bits per heavy atom. The summed E-state index contributed by atoms with van der Waals surface area (Å²) in [7, 11) is 3.74. The van der Waals surface area contributed by atoms with E-state index in [2.05, 4.69) is 14.9 Å². The molecule has 0 radical (unpaired) electrons. The lowest BCUT2D eigenvalue weighted by atomic mass is 10.4. The maximum Gasteiger partial charge on any atom is 0.133 e. The average molecular weight is 207 g/mol. The lowest BCUT2D eigenvalue weighted by Crippen LogP contribution is -2.23. The predicted octanol–water partition coefficient (Wildman–Crippen LogP) is 1.44. The molecule has 0 amide bonds. The molecule has 1 heterocycles. The molecule has 0 spiro atoms. The summed E-state index contributed by atoms with van der Waals surface area (Å²) in [6.07, 6.45) is 4.33. The molecule has 4 heteroatoms. The first-order valence-electron chi connectivity index (χ1n) is 5.34. The van der Waals surface area contributed by atoms with Crippen LogP contribution < -0.4 is 4.90 Å². The third kappa shape index (κ3) is 2.65. The van der Waals surface area contributed by atoms with Crippen LogP contribution in [-0.4, -0.2) is 37.3 Å². The quantitative estimate of drug-likeness (QED) is 0.732. The van der Waals surface area contributed by atoms with Crippen molar-refractivity contribution in [2.45, 2.75) is 18.8 Å². The number of anilines is 1. The molecule has 0 unspecified atom stereocenters. The Labute approximate surface area is 90.3 Å². The van der Waals surface area contributed by atoms with Crippen LogP contribution in [0.5, 0.6) is 0 Å². The molecular weight excluding hydrogens is 190 g/mol. The summed E-state index contributed by atoms with van der Waals surface area (Å²) in [5, 5.41) is 0. The molecule has 0 bridgehead atoms. The van der Waals surface area contributed by atoms with Crippen molar-refractivity contribution in [3.05, 3.63) is 18.1 Å². The fraction of sp³-hybridized carbons (Fsp3) is 0.636. The first-order valence-corrected chi connectivity index (χ1v) is 5.34. The standard InChI is InChI=1S/C11H17N3O/c1-14(7-8-15-2)10-5-6-12-11(13-10)9-3-4-9/h5-6,9H,3-4,7-8H2,1-2H3. The normalized spacial score (nSPS) is 15.3. The molecule has 1 saturated carbocycles. The zero-order chi connectivity index (χ0) is 10.7. The van der Waals surface area contributed by atoms with Crippen molar-refractivity contribution in [3.63, 3.8) is 0 Å². The van der Waals surface area contributed by atoms with Gasteiger partial charge in [-0.2, -0.15) is 0 Å². The Hall–Kier alpha value is -1.16. The second-order valence-corrected chi connectivity index (χ2v) is 3.96. The Bertz CT molecular complexity index is 325. The lowest BCUT2D eigenvalue weighted by Gasteiger charge is -2.17. The van der Waals surface area contributed by atoms with Gasteiger partial charge in [0, 0.05) is 32.8 Å². The molecule has 0 aromatic carbocycles. The Morgan fingerprint density at radius 2 is 2.33 bits per heavy atom. The van der Waals surface area contributed by atoms with Crippen LogP contribution in [0.2, 0.25) is 0 Å². The number of methoxy groups -OCH3 is 1. The molecule has 15 heavy (non-hydrogen) atoms. The summed E-state index contributed by atoms with van der Waals surface area (Å²) in [6, 6.07) is 1.95. The number of ether oxygens (including phenoxy) is 1. The van der Waals surface area contributed by atoms with Crippen molar-refractivity contribution in [3.8, 4) is 0 Å². The molecule has 0 N–H and O–H groups in total. The van der Waals surface area contributed by atoms with Crippen molar-refractivity contribution in [2.75, 3.05) is 32.2 Å². The van der Waals surface area contributed by atoms with Gasteiger partial charge in [0.25, 0.3) is 0 Å². The van der Waals surface area contributed by atoms with Gasteiger partial charge in [0.05, 0.1) is 6.61 Å². The van der Waals surface area contributed by atoms with E-state index in [-0.39, 0.29) is 0 Å². The van der Waals surface area contributed by atoms with Crippen LogP contribution >= 0.6 is 0 Å². The van der Waals surface area contributed by atoms with E-state index >= 15 is 0 Å². The number of hydrogen-bond donors (Lipinski definition) is 0. The third-order valence-electron chi connectivity index (χ3n) is 2.62. The number of hydrogen-bond acceptors (Lipinski definition) is 4. The van der Waals surface area contributed by atoms with Gasteiger partial charge in [-0.15, -0.1) is 0 Å². The van der Waals surface area contributed by atoms with Gasteiger partial charge in [0.1, 0.15) is 11.6 Å². The van der Waals surface area contributed by atoms with Gasteiger partial charge in [-0.05, 0) is 18.9 Å². The number of nitrogens with zero attached hydrogens (tertiary/aromatic N) is 3. The van der Waals surface area contributed by atoms with E-state index in [9.17, 15) is 0 Å². The number of likely N-dealkylation sites (N-methyl/N-ethyl adjacent to an activating group) is 1. The van der Waals surface area contributed by atoms with E-state index in [1.54, 1.807) is 7.11 Å². The van der Waals surface area contributed by atoms with Crippen LogP contribution in [-0.2, 0) is 4.74 Å². The minimum absolute atomic E-state index is 0.612. The van der Waals surface area contributed by atoms with Crippen LogP contribution in [0.15, 0.2) is 12.3 Å². The summed E-state index contributed by atoms with van der Waals surface area (Å²) >= 11 is 0. The maximum atomic E-state index is 5.04. The fourth-order valence-corrected chi connectivity index (χ4v) is 1.46. The van der Waals surface area contributed by atoms with Gasteiger partial charge in [0.2, 0.25) is 0 Å². The van der Waals surface area contributed by atoms with Crippen LogP contribution in [0.25, 0.3) is 0 Å². The molecule has 1 aromatic heterocycles. The maximum absolute atomic E-state index is 5.04. The fourth-order valence-electron chi connectivity index (χ4n) is 1.46. The average Bonchev–Trinajstić information content (AvgIpc) is 3.10. The van der Waals surface area contributed by atoms with Gasteiger partial charge in [-0.25, -0.2) is 9.97 Å². The van der Waals surface area contributed by atoms with Crippen molar-refractivity contribution in [2.24, 2.45) is 0 Å². The summed E-state index contributed by atoms with van der Waals surface area (Å²) in [4.78, 5) is 10.9. The second-order valence-electron chi connectivity index (χ2n) is 3.96. The Kier molecular flexibility index (Phi) is 3.16. The van der Waals surface area contributed by atoms with Crippen LogP contribution in [0.4, 0.5) is 5.82 Å². The molecule has 0 aliphatic heterocycles. The highest BCUT2D eigenvalue weighted by molar-refractivity contribution is 5.36. The topological polar surface area (TPSA) is 38.2 Å². The molecule has 1 fully saturated rings. The van der Waals surface area contributed by atoms with Gasteiger partial charge < -0.3 is 9.64 Å². The largest absolute Gasteiger partial charge is 0.383 e. The number of rotatable bonds is 5. The Balaban J connectivity index is 2.02. The minimum atomic E-state index is 0.612. The van der Waals surface area contributed by atoms with Crippen molar-refractivity contribution < 1.29 is 4.74 Å². The van der Waals surface area contributed by atoms with Crippen LogP contribution in [0.1, 0.15) is 24.6 Å². The first kappa shape index (κ1) is 10.4. The molecule has 2 rings (SSSR count). The van der Waals surface area contributed by atoms with Crippen LogP contribution in [0, 0.1) is 0 Å². The molecule has 0 atom stereocenters. The molecule has 82 valence electrons. The van der Waals surface area contributed by atoms with Gasteiger partial charge >= 0.3 is 0 Å². The highest BCUT2D eigenvalue weighted by Gasteiger charge is 2.26. The van der Waals surface area contributed by atoms with E-state index in [0.29, 0.717) is 5.92 Å². The smallest absolute Gasteiger partial charge is 0.133 e. The van der Waals surface area contributed by atoms with Gasteiger partial charge in [0.15, 0.2) is 0 Å². The highest BCUT2D eigenvalue weighted by Crippen LogP contribution is 2.38. The third-order valence-corrected chi connectivity index (χ3v) is 2.62. The molecule has 1 aliphatic rings. The predicted molar refractivity (Wildman–Crippen MR) is 59.2 cm³/mol. The van der Waals surface area contributed by atoms with Crippen LogP contribution in [0.3, 0.4) is 0 Å². The van der Waals surface area contributed by atoms with Crippen molar-refractivity contribution in [1.29, 1.82) is 0 Å². The summed E-state index contributed by atoms with van der Waals surface area (Å²) in [5.41, 5.74) is 0. The first-order chi connectivity index (χ1) is 7.31. The highest BCUT2D eigenvalue weighted by atomic mass is 16.5. The van der Waals surface area contributed by atoms with E-state index in [1.807, 2.05) is 19.3 Å². The minimum Gasteiger partial charge on any atom is -0.383 e. The molecule has 0 saturated heterocycles. The summed E-state index contributed by atoms with van der Waals surface area (Å²) < 4.78 is 5.04. The second kappa shape index (κ2) is 4.57. The lowest BCUT2D eigenvalue weighted by molar-refractivity contribution is 0.206. The molecular formula is C11H17N3O. The number of aromatic nitrogens is 2. The summed E-state index contributed by atoms with van der Waals surface area (Å²) in [6.45, 7) is 1.58. The van der Waals surface area contributed by atoms with E-state index in [4.69, 9.17) is 4.74 Å². The van der Waals surface area contributed by atoms with Crippen molar-refractivity contribution in [1.82, 2.24) is 9.97 Å². The van der Waals surface area contributed by atoms with E-state index in [1.165, 1.54) is 12.8 Å². The molecule has 1 aliphatic carbocycles. The van der Waals surface area contributed by atoms with E-state index in [0.717, 1.165) is 24.8 Å². The van der Waals surface area contributed by atoms with Gasteiger partial charge in [-0.3, -0.25) is 0 Å². The zero-order valence-electron chi connectivity index (χ0n) is 9.31.